The molecule has 1 aliphatic carbocycles. The average molecular weight is 364 g/mol. The lowest BCUT2D eigenvalue weighted by molar-refractivity contribution is 0.241. The largest absolute Gasteiger partial charge is 0.337 e. The van der Waals surface area contributed by atoms with Crippen molar-refractivity contribution in [1.82, 2.24) is 14.3 Å². The van der Waals surface area contributed by atoms with Gasteiger partial charge in [-0.2, -0.15) is 0 Å². The van der Waals surface area contributed by atoms with Gasteiger partial charge < -0.3 is 4.57 Å². The van der Waals surface area contributed by atoms with Crippen molar-refractivity contribution < 1.29 is 8.42 Å². The van der Waals surface area contributed by atoms with Crippen LogP contribution in [0.1, 0.15) is 38.4 Å². The number of nitrogens with one attached hydrogen (secondary N) is 1. The van der Waals surface area contributed by atoms with E-state index in [1.807, 2.05) is 0 Å². The first kappa shape index (κ1) is 16.0. The Kier molecular flexibility index (Phi) is 4.61. The average Bonchev–Trinajstić information content (AvgIpc) is 2.70. The van der Waals surface area contributed by atoms with Crippen LogP contribution in [0, 0.1) is 12.8 Å². The molecule has 2 unspecified atom stereocenters. The van der Waals surface area contributed by atoms with Gasteiger partial charge in [0.05, 0.1) is 0 Å². The van der Waals surface area contributed by atoms with Crippen LogP contribution in [0.3, 0.4) is 0 Å². The number of nitrogens with zero attached hydrogens (tertiary/aromatic N) is 2. The second-order valence-electron chi connectivity index (χ2n) is 5.96. The van der Waals surface area contributed by atoms with E-state index >= 15 is 0 Å². The van der Waals surface area contributed by atoms with Gasteiger partial charge in [0, 0.05) is 24.1 Å². The molecule has 1 N–H and O–H groups in total. The highest BCUT2D eigenvalue weighted by molar-refractivity contribution is 9.09. The lowest BCUT2D eigenvalue weighted by atomic mass is 9.78. The minimum atomic E-state index is -3.57. The third kappa shape index (κ3) is 3.26. The summed E-state index contributed by atoms with van der Waals surface area (Å²) >= 11 is 3.49. The molecule has 1 aromatic heterocycles. The molecule has 114 valence electrons. The van der Waals surface area contributed by atoms with E-state index in [1.165, 1.54) is 6.42 Å². The lowest BCUT2D eigenvalue weighted by Gasteiger charge is -2.38. The minimum Gasteiger partial charge on any atom is -0.337 e. The van der Waals surface area contributed by atoms with Gasteiger partial charge in [-0.05, 0) is 25.7 Å². The Hall–Kier alpha value is -0.400. The Morgan fingerprint density at radius 2 is 2.30 bits per heavy atom. The monoisotopic (exact) mass is 363 g/mol. The molecule has 0 aromatic carbocycles. The lowest BCUT2D eigenvalue weighted by Crippen LogP contribution is -2.52. The number of aromatic nitrogens is 2. The molecule has 1 aliphatic rings. The van der Waals surface area contributed by atoms with E-state index in [-0.39, 0.29) is 10.6 Å². The van der Waals surface area contributed by atoms with E-state index in [9.17, 15) is 8.42 Å². The first-order chi connectivity index (χ1) is 9.28. The molecule has 0 radical (unpaired) electrons. The number of hydrogen-bond acceptors (Lipinski definition) is 3. The van der Waals surface area contributed by atoms with Crippen molar-refractivity contribution in [3.63, 3.8) is 0 Å². The molecule has 5 nitrogen and oxygen atoms in total. The summed E-state index contributed by atoms with van der Waals surface area (Å²) in [6, 6.07) is 0. The number of hydrogen-bond donors (Lipinski definition) is 1. The maximum Gasteiger partial charge on any atom is 0.260 e. The molecule has 0 aliphatic heterocycles. The van der Waals surface area contributed by atoms with E-state index in [0.717, 1.165) is 19.3 Å². The van der Waals surface area contributed by atoms with Gasteiger partial charge in [0.1, 0.15) is 5.82 Å². The van der Waals surface area contributed by atoms with E-state index in [2.05, 4.69) is 32.6 Å². The molecule has 0 saturated heterocycles. The zero-order chi connectivity index (χ0) is 15.0. The van der Waals surface area contributed by atoms with Gasteiger partial charge >= 0.3 is 0 Å². The summed E-state index contributed by atoms with van der Waals surface area (Å²) in [7, 11) is -1.77. The number of imidazole rings is 1. The second kappa shape index (κ2) is 5.77. The second-order valence-corrected chi connectivity index (χ2v) is 8.15. The minimum absolute atomic E-state index is 0.107. The zero-order valence-electron chi connectivity index (χ0n) is 12.2. The van der Waals surface area contributed by atoms with Gasteiger partial charge in [-0.1, -0.05) is 35.7 Å². The fourth-order valence-corrected chi connectivity index (χ4v) is 5.21. The smallest absolute Gasteiger partial charge is 0.260 e. The SMILES string of the molecule is Cc1nc(S(=O)(=O)NC2(CBr)CCCC(C)C2)cn1C. The predicted molar refractivity (Wildman–Crippen MR) is 82.4 cm³/mol. The molecule has 2 rings (SSSR count). The third-order valence-electron chi connectivity index (χ3n) is 4.06. The summed E-state index contributed by atoms with van der Waals surface area (Å²) in [6.07, 6.45) is 5.51. The van der Waals surface area contributed by atoms with Crippen molar-refractivity contribution >= 4 is 26.0 Å². The summed E-state index contributed by atoms with van der Waals surface area (Å²) in [6.45, 7) is 3.97. The van der Waals surface area contributed by atoms with Crippen LogP contribution in [-0.2, 0) is 17.1 Å². The first-order valence-corrected chi connectivity index (χ1v) is 9.48. The van der Waals surface area contributed by atoms with Crippen LogP contribution in [0.2, 0.25) is 0 Å². The molecule has 7 heteroatoms. The molecule has 1 fully saturated rings. The molecule has 0 bridgehead atoms. The molecule has 1 saturated carbocycles. The first-order valence-electron chi connectivity index (χ1n) is 6.88. The van der Waals surface area contributed by atoms with Gasteiger partial charge in [-0.25, -0.2) is 18.1 Å². The normalized spacial score (nSPS) is 27.7. The topological polar surface area (TPSA) is 64.0 Å². The van der Waals surface area contributed by atoms with Gasteiger partial charge in [0.15, 0.2) is 5.03 Å². The van der Waals surface area contributed by atoms with Crippen molar-refractivity contribution in [3.8, 4) is 0 Å². The van der Waals surface area contributed by atoms with Crippen LogP contribution in [0.4, 0.5) is 0 Å². The fraction of sp³-hybridized carbons (Fsp3) is 0.769. The summed E-state index contributed by atoms with van der Waals surface area (Å²) in [5.74, 6) is 1.23. The van der Waals surface area contributed by atoms with Gasteiger partial charge in [-0.15, -0.1) is 0 Å². The van der Waals surface area contributed by atoms with Crippen molar-refractivity contribution in [2.45, 2.75) is 50.1 Å². The fourth-order valence-electron chi connectivity index (χ4n) is 2.89. The Bertz CT molecular complexity index is 565. The van der Waals surface area contributed by atoms with E-state index in [1.54, 1.807) is 24.7 Å². The number of alkyl halides is 1. The maximum absolute atomic E-state index is 12.5. The zero-order valence-corrected chi connectivity index (χ0v) is 14.6. The Balaban J connectivity index is 2.26. The summed E-state index contributed by atoms with van der Waals surface area (Å²) in [5.41, 5.74) is -0.387. The van der Waals surface area contributed by atoms with Crippen molar-refractivity contribution in [1.29, 1.82) is 0 Å². The molecular weight excluding hydrogens is 342 g/mol. The molecule has 0 amide bonds. The maximum atomic E-state index is 12.5. The molecule has 1 heterocycles. The van der Waals surface area contributed by atoms with E-state index < -0.39 is 10.0 Å². The molecule has 0 spiro atoms. The van der Waals surface area contributed by atoms with Crippen molar-refractivity contribution in [2.24, 2.45) is 13.0 Å². The van der Waals surface area contributed by atoms with Crippen LogP contribution in [0.15, 0.2) is 11.2 Å². The standard InChI is InChI=1S/C13H22BrN3O2S/c1-10-5-4-6-13(7-10,9-14)16-20(18,19)12-8-17(3)11(2)15-12/h8,10,16H,4-7,9H2,1-3H3. The Morgan fingerprint density at radius 1 is 1.60 bits per heavy atom. The molecule has 1 aromatic rings. The molecule has 2 atom stereocenters. The van der Waals surface area contributed by atoms with Crippen LogP contribution < -0.4 is 4.72 Å². The summed E-state index contributed by atoms with van der Waals surface area (Å²) < 4.78 is 29.7. The Labute approximate surface area is 129 Å². The van der Waals surface area contributed by atoms with Crippen molar-refractivity contribution in [2.75, 3.05) is 5.33 Å². The summed E-state index contributed by atoms with van der Waals surface area (Å²) in [5, 5.41) is 0.742. The molecular formula is C13H22BrN3O2S. The number of rotatable bonds is 4. The van der Waals surface area contributed by atoms with E-state index in [4.69, 9.17) is 0 Å². The van der Waals surface area contributed by atoms with Crippen LogP contribution in [0.5, 0.6) is 0 Å². The highest BCUT2D eigenvalue weighted by Crippen LogP contribution is 2.34. The van der Waals surface area contributed by atoms with E-state index in [0.29, 0.717) is 17.1 Å². The Morgan fingerprint density at radius 3 is 2.80 bits per heavy atom. The van der Waals surface area contributed by atoms with Gasteiger partial charge in [0.25, 0.3) is 10.0 Å². The van der Waals surface area contributed by atoms with Crippen LogP contribution >= 0.6 is 15.9 Å². The van der Waals surface area contributed by atoms with Gasteiger partial charge in [0.2, 0.25) is 0 Å². The number of sulfonamides is 1. The van der Waals surface area contributed by atoms with Crippen LogP contribution in [-0.4, -0.2) is 28.8 Å². The van der Waals surface area contributed by atoms with Crippen molar-refractivity contribution in [3.05, 3.63) is 12.0 Å². The van der Waals surface area contributed by atoms with Crippen LogP contribution in [0.25, 0.3) is 0 Å². The molecule has 20 heavy (non-hydrogen) atoms. The predicted octanol–water partition coefficient (Wildman–Crippen LogP) is 2.35. The number of halogens is 1. The number of aryl methyl sites for hydroxylation is 2. The summed E-state index contributed by atoms with van der Waals surface area (Å²) in [4.78, 5) is 4.13. The quantitative estimate of drug-likeness (QED) is 0.835. The third-order valence-corrected chi connectivity index (χ3v) is 6.58. The van der Waals surface area contributed by atoms with Gasteiger partial charge in [-0.3, -0.25) is 0 Å². The highest BCUT2D eigenvalue weighted by Gasteiger charge is 2.38. The highest BCUT2D eigenvalue weighted by atomic mass is 79.9.